The van der Waals surface area contributed by atoms with Crippen LogP contribution in [0.5, 0.6) is 0 Å². The third-order valence-corrected chi connectivity index (χ3v) is 4.76. The van der Waals surface area contributed by atoms with Gasteiger partial charge in [0.1, 0.15) is 0 Å². The van der Waals surface area contributed by atoms with Crippen molar-refractivity contribution in [2.45, 2.75) is 12.8 Å². The second kappa shape index (κ2) is 9.30. The fourth-order valence-corrected chi connectivity index (χ4v) is 3.19. The first-order valence-electron chi connectivity index (χ1n) is 8.97. The highest BCUT2D eigenvalue weighted by Crippen LogP contribution is 2.33. The summed E-state index contributed by atoms with van der Waals surface area (Å²) in [5.74, 6) is -0.916. The van der Waals surface area contributed by atoms with Gasteiger partial charge in [-0.1, -0.05) is 29.8 Å². The molecule has 6 nitrogen and oxygen atoms in total. The second-order valence-electron chi connectivity index (χ2n) is 6.37. The van der Waals surface area contributed by atoms with Crippen molar-refractivity contribution in [1.29, 1.82) is 0 Å². The normalized spacial score (nSPS) is 13.8. The monoisotopic (exact) mass is 412 g/mol. The second-order valence-corrected chi connectivity index (χ2v) is 6.81. The average molecular weight is 413 g/mol. The number of esters is 2. The third-order valence-electron chi connectivity index (χ3n) is 4.51. The standard InChI is InChI=1S/C22H21ClN2O4/c1-28-21(26)17-13-20(25-16-10-8-14(23)9-11-16)18(22(27)29-2)12-19(17)24-15-6-4-3-5-7-15/h3-11,24-25H,12-13H2,1-2H3. The van der Waals surface area contributed by atoms with Crippen LogP contribution < -0.4 is 10.6 Å². The minimum atomic E-state index is -0.460. The maximum atomic E-state index is 12.5. The van der Waals surface area contributed by atoms with Crippen molar-refractivity contribution >= 4 is 34.9 Å². The molecule has 3 rings (SSSR count). The molecule has 7 heteroatoms. The van der Waals surface area contributed by atoms with Crippen molar-refractivity contribution in [1.82, 2.24) is 0 Å². The van der Waals surface area contributed by atoms with E-state index in [4.69, 9.17) is 21.1 Å². The molecule has 2 aromatic carbocycles. The molecule has 1 aliphatic carbocycles. The first-order valence-corrected chi connectivity index (χ1v) is 9.35. The number of hydrogen-bond donors (Lipinski definition) is 2. The van der Waals surface area contributed by atoms with Gasteiger partial charge < -0.3 is 20.1 Å². The maximum absolute atomic E-state index is 12.5. The van der Waals surface area contributed by atoms with Crippen LogP contribution in [0.4, 0.5) is 11.4 Å². The smallest absolute Gasteiger partial charge is 0.335 e. The first-order chi connectivity index (χ1) is 14.0. The van der Waals surface area contributed by atoms with E-state index in [1.165, 1.54) is 14.2 Å². The van der Waals surface area contributed by atoms with E-state index in [9.17, 15) is 9.59 Å². The fourth-order valence-electron chi connectivity index (χ4n) is 3.06. The molecule has 0 fully saturated rings. The van der Waals surface area contributed by atoms with Crippen LogP contribution in [0.1, 0.15) is 12.8 Å². The number of benzene rings is 2. The zero-order valence-electron chi connectivity index (χ0n) is 16.1. The summed E-state index contributed by atoms with van der Waals surface area (Å²) in [7, 11) is 2.67. The number of halogens is 1. The number of para-hydroxylation sites is 1. The summed E-state index contributed by atoms with van der Waals surface area (Å²) in [6.45, 7) is 0. The summed E-state index contributed by atoms with van der Waals surface area (Å²) >= 11 is 5.94. The van der Waals surface area contributed by atoms with Crippen LogP contribution in [0.2, 0.25) is 5.02 Å². The lowest BCUT2D eigenvalue weighted by Gasteiger charge is -2.25. The number of nitrogens with one attached hydrogen (secondary N) is 2. The fraction of sp³-hybridized carbons (Fsp3) is 0.182. The number of anilines is 2. The molecule has 0 heterocycles. The Morgan fingerprint density at radius 3 is 1.66 bits per heavy atom. The van der Waals surface area contributed by atoms with Crippen LogP contribution in [-0.2, 0) is 19.1 Å². The van der Waals surface area contributed by atoms with Crippen LogP contribution in [0.25, 0.3) is 0 Å². The van der Waals surface area contributed by atoms with Gasteiger partial charge in [-0.2, -0.15) is 0 Å². The van der Waals surface area contributed by atoms with E-state index in [-0.39, 0.29) is 12.8 Å². The van der Waals surface area contributed by atoms with Crippen molar-refractivity contribution in [2.75, 3.05) is 24.9 Å². The van der Waals surface area contributed by atoms with E-state index >= 15 is 0 Å². The molecule has 0 amide bonds. The van der Waals surface area contributed by atoms with Crippen molar-refractivity contribution in [3.8, 4) is 0 Å². The molecule has 0 unspecified atom stereocenters. The summed E-state index contributed by atoms with van der Waals surface area (Å²) in [6, 6.07) is 16.5. The lowest BCUT2D eigenvalue weighted by molar-refractivity contribution is -0.137. The summed E-state index contributed by atoms with van der Waals surface area (Å²) < 4.78 is 9.95. The molecule has 0 radical (unpaired) electrons. The molecular weight excluding hydrogens is 392 g/mol. The van der Waals surface area contributed by atoms with Gasteiger partial charge in [0, 0.05) is 40.6 Å². The number of carbonyl (C=O) groups is 2. The number of hydrogen-bond acceptors (Lipinski definition) is 6. The van der Waals surface area contributed by atoms with Crippen molar-refractivity contribution in [3.05, 3.63) is 82.2 Å². The summed E-state index contributed by atoms with van der Waals surface area (Å²) in [6.07, 6.45) is 0.386. The Labute approximate surface area is 174 Å². The van der Waals surface area contributed by atoms with Crippen molar-refractivity contribution in [3.63, 3.8) is 0 Å². The summed E-state index contributed by atoms with van der Waals surface area (Å²) in [5.41, 5.74) is 3.62. The molecule has 0 aromatic heterocycles. The molecule has 0 spiro atoms. The van der Waals surface area contributed by atoms with E-state index in [1.807, 2.05) is 30.3 Å². The van der Waals surface area contributed by atoms with Gasteiger partial charge in [0.15, 0.2) is 0 Å². The molecule has 2 N–H and O–H groups in total. The Hall–Kier alpha value is -3.25. The molecule has 0 saturated heterocycles. The van der Waals surface area contributed by atoms with Crippen molar-refractivity contribution < 1.29 is 19.1 Å². The topological polar surface area (TPSA) is 76.7 Å². The van der Waals surface area contributed by atoms with Crippen LogP contribution in [0.15, 0.2) is 77.1 Å². The highest BCUT2D eigenvalue weighted by molar-refractivity contribution is 6.30. The number of rotatable bonds is 6. The Morgan fingerprint density at radius 2 is 1.21 bits per heavy atom. The first kappa shape index (κ1) is 20.5. The Kier molecular flexibility index (Phi) is 6.57. The van der Waals surface area contributed by atoms with Crippen LogP contribution in [-0.4, -0.2) is 26.2 Å². The third kappa shape index (κ3) is 4.97. The predicted octanol–water partition coefficient (Wildman–Crippen LogP) is 4.51. The minimum absolute atomic E-state index is 0.189. The molecule has 0 atom stereocenters. The highest BCUT2D eigenvalue weighted by atomic mass is 35.5. The quantitative estimate of drug-likeness (QED) is 0.680. The minimum Gasteiger partial charge on any atom is -0.466 e. The molecule has 29 heavy (non-hydrogen) atoms. The molecular formula is C22H21ClN2O4. The lowest BCUT2D eigenvalue weighted by atomic mass is 9.92. The maximum Gasteiger partial charge on any atom is 0.335 e. The summed E-state index contributed by atoms with van der Waals surface area (Å²) in [5, 5.41) is 7.06. The van der Waals surface area contributed by atoms with Crippen molar-refractivity contribution in [2.24, 2.45) is 0 Å². The van der Waals surface area contributed by atoms with Gasteiger partial charge in [-0.25, -0.2) is 9.59 Å². The van der Waals surface area contributed by atoms with E-state index in [2.05, 4.69) is 10.6 Å². The molecule has 0 saturated carbocycles. The van der Waals surface area contributed by atoms with Gasteiger partial charge in [0.2, 0.25) is 0 Å². The van der Waals surface area contributed by atoms with E-state index in [0.717, 1.165) is 11.4 Å². The van der Waals surface area contributed by atoms with Gasteiger partial charge in [-0.05, 0) is 36.4 Å². The largest absolute Gasteiger partial charge is 0.466 e. The highest BCUT2D eigenvalue weighted by Gasteiger charge is 2.29. The Morgan fingerprint density at radius 1 is 0.759 bits per heavy atom. The molecule has 1 aliphatic rings. The van der Waals surface area contributed by atoms with Gasteiger partial charge in [0.05, 0.1) is 25.4 Å². The van der Waals surface area contributed by atoms with Gasteiger partial charge in [0.25, 0.3) is 0 Å². The molecule has 0 bridgehead atoms. The van der Waals surface area contributed by atoms with Crippen LogP contribution in [0.3, 0.4) is 0 Å². The van der Waals surface area contributed by atoms with E-state index in [1.54, 1.807) is 24.3 Å². The molecule has 150 valence electrons. The van der Waals surface area contributed by atoms with Crippen LogP contribution in [0, 0.1) is 0 Å². The SMILES string of the molecule is COC(=O)C1=C(Nc2ccccc2)CC(C(=O)OC)=C(Nc2ccc(Cl)cc2)C1. The number of ether oxygens (including phenoxy) is 2. The zero-order valence-corrected chi connectivity index (χ0v) is 16.9. The number of carbonyl (C=O) groups excluding carboxylic acids is 2. The molecule has 0 aliphatic heterocycles. The Bertz CT molecular complexity index is 966. The summed E-state index contributed by atoms with van der Waals surface area (Å²) in [4.78, 5) is 24.9. The van der Waals surface area contributed by atoms with E-state index in [0.29, 0.717) is 27.6 Å². The lowest BCUT2D eigenvalue weighted by Crippen LogP contribution is -2.24. The zero-order chi connectivity index (χ0) is 20.8. The number of methoxy groups -OCH3 is 2. The average Bonchev–Trinajstić information content (AvgIpc) is 2.75. The predicted molar refractivity (Wildman–Crippen MR) is 112 cm³/mol. The number of allylic oxidation sites excluding steroid dienone is 2. The van der Waals surface area contributed by atoms with Gasteiger partial charge in [-0.3, -0.25) is 0 Å². The van der Waals surface area contributed by atoms with E-state index < -0.39 is 11.9 Å². The van der Waals surface area contributed by atoms with Gasteiger partial charge >= 0.3 is 11.9 Å². The van der Waals surface area contributed by atoms with Crippen LogP contribution >= 0.6 is 11.6 Å². The van der Waals surface area contributed by atoms with Gasteiger partial charge in [-0.15, -0.1) is 0 Å². The molecule has 2 aromatic rings. The Balaban J connectivity index is 1.97.